The molecule has 4 atom stereocenters. The van der Waals surface area contributed by atoms with Gasteiger partial charge in [0.2, 0.25) is 0 Å². The predicted molar refractivity (Wildman–Crippen MR) is 126 cm³/mol. The van der Waals surface area contributed by atoms with E-state index in [0.29, 0.717) is 12.6 Å². The molecule has 0 radical (unpaired) electrons. The van der Waals surface area contributed by atoms with E-state index in [2.05, 4.69) is 24.1 Å². The summed E-state index contributed by atoms with van der Waals surface area (Å²) in [5.41, 5.74) is 2.43. The SMILES string of the molecule is COc1ccc(C[C@]23CCN(C)[C@H]2CC2(CC3)OCC(c3ccc([N+](=O)[O-])cc3)O2)cc1OC. The predicted octanol–water partition coefficient (Wildman–Crippen LogP) is 4.51. The number of nitrogens with zero attached hydrogens (tertiary/aromatic N) is 2. The molecule has 2 aliphatic heterocycles. The molecule has 3 aliphatic rings. The Bertz CT molecular complexity index is 1060. The summed E-state index contributed by atoms with van der Waals surface area (Å²) < 4.78 is 23.8. The van der Waals surface area contributed by atoms with Crippen LogP contribution >= 0.6 is 0 Å². The van der Waals surface area contributed by atoms with Gasteiger partial charge in [0, 0.05) is 31.0 Å². The molecular formula is C26H32N2O6. The first-order valence-electron chi connectivity index (χ1n) is 11.8. The molecule has 2 aromatic rings. The average Bonchev–Trinajstić information content (AvgIpc) is 3.41. The van der Waals surface area contributed by atoms with Crippen molar-refractivity contribution in [3.63, 3.8) is 0 Å². The van der Waals surface area contributed by atoms with E-state index in [1.165, 1.54) is 17.7 Å². The van der Waals surface area contributed by atoms with Crippen molar-refractivity contribution in [2.45, 2.75) is 50.0 Å². The number of nitro groups is 1. The van der Waals surface area contributed by atoms with Crippen LogP contribution in [-0.4, -0.2) is 56.1 Å². The number of non-ortho nitro benzene ring substituents is 1. The van der Waals surface area contributed by atoms with Gasteiger partial charge >= 0.3 is 0 Å². The summed E-state index contributed by atoms with van der Waals surface area (Å²) in [6.45, 7) is 1.52. The Labute approximate surface area is 199 Å². The molecule has 0 bridgehead atoms. The number of hydrogen-bond acceptors (Lipinski definition) is 7. The van der Waals surface area contributed by atoms with Crippen molar-refractivity contribution in [3.05, 3.63) is 63.7 Å². The largest absolute Gasteiger partial charge is 0.493 e. The zero-order valence-corrected chi connectivity index (χ0v) is 20.0. The fraction of sp³-hybridized carbons (Fsp3) is 0.538. The Morgan fingerprint density at radius 3 is 2.56 bits per heavy atom. The summed E-state index contributed by atoms with van der Waals surface area (Å²) in [7, 11) is 5.53. The van der Waals surface area contributed by atoms with Crippen LogP contribution < -0.4 is 9.47 Å². The van der Waals surface area contributed by atoms with E-state index in [1.54, 1.807) is 26.4 Å². The van der Waals surface area contributed by atoms with E-state index in [9.17, 15) is 10.1 Å². The van der Waals surface area contributed by atoms with Crippen molar-refractivity contribution in [3.8, 4) is 11.5 Å². The topological polar surface area (TPSA) is 83.3 Å². The van der Waals surface area contributed by atoms with E-state index in [0.717, 1.165) is 55.7 Å². The minimum Gasteiger partial charge on any atom is -0.493 e. The lowest BCUT2D eigenvalue weighted by Gasteiger charge is -2.47. The number of methoxy groups -OCH3 is 2. The smallest absolute Gasteiger partial charge is 0.269 e. The van der Waals surface area contributed by atoms with E-state index >= 15 is 0 Å². The second kappa shape index (κ2) is 8.83. The van der Waals surface area contributed by atoms with Crippen LogP contribution in [0, 0.1) is 15.5 Å². The Hall–Kier alpha value is -2.68. The molecule has 1 spiro atoms. The summed E-state index contributed by atoms with van der Waals surface area (Å²) in [4.78, 5) is 13.0. The second-order valence-corrected chi connectivity index (χ2v) is 9.86. The third-order valence-corrected chi connectivity index (χ3v) is 8.04. The van der Waals surface area contributed by atoms with Gasteiger partial charge in [-0.05, 0) is 73.7 Å². The van der Waals surface area contributed by atoms with Gasteiger partial charge in [0.1, 0.15) is 6.10 Å². The molecule has 34 heavy (non-hydrogen) atoms. The highest BCUT2D eigenvalue weighted by atomic mass is 16.7. The zero-order valence-electron chi connectivity index (χ0n) is 20.0. The molecule has 2 heterocycles. The summed E-state index contributed by atoms with van der Waals surface area (Å²) in [5.74, 6) is 0.910. The Balaban J connectivity index is 1.32. The highest BCUT2D eigenvalue weighted by molar-refractivity contribution is 5.43. The van der Waals surface area contributed by atoms with E-state index in [4.69, 9.17) is 18.9 Å². The maximum absolute atomic E-state index is 11.0. The second-order valence-electron chi connectivity index (χ2n) is 9.86. The van der Waals surface area contributed by atoms with Gasteiger partial charge in [-0.3, -0.25) is 10.1 Å². The number of fused-ring (bicyclic) bond motifs is 1. The number of ether oxygens (including phenoxy) is 4. The van der Waals surface area contributed by atoms with Crippen molar-refractivity contribution in [1.82, 2.24) is 4.90 Å². The van der Waals surface area contributed by atoms with Crippen molar-refractivity contribution in [1.29, 1.82) is 0 Å². The molecule has 0 amide bonds. The number of rotatable bonds is 6. The third kappa shape index (κ3) is 4.04. The average molecular weight is 469 g/mol. The minimum atomic E-state index is -0.600. The molecule has 1 saturated carbocycles. The number of hydrogen-bond donors (Lipinski definition) is 0. The highest BCUT2D eigenvalue weighted by Crippen LogP contribution is 2.55. The van der Waals surface area contributed by atoms with Gasteiger partial charge in [0.05, 0.1) is 25.7 Å². The van der Waals surface area contributed by atoms with Crippen LogP contribution in [0.15, 0.2) is 42.5 Å². The first kappa shape index (κ1) is 23.1. The lowest BCUT2D eigenvalue weighted by molar-refractivity contribution is -0.384. The molecule has 2 aromatic carbocycles. The van der Waals surface area contributed by atoms with Crippen LogP contribution in [0.3, 0.4) is 0 Å². The van der Waals surface area contributed by atoms with Crippen LogP contribution in [0.4, 0.5) is 5.69 Å². The molecule has 8 heteroatoms. The van der Waals surface area contributed by atoms with Crippen molar-refractivity contribution < 1.29 is 23.9 Å². The molecule has 2 unspecified atom stereocenters. The van der Waals surface area contributed by atoms with Gasteiger partial charge in [-0.2, -0.15) is 0 Å². The molecule has 5 rings (SSSR count). The van der Waals surface area contributed by atoms with E-state index in [-0.39, 0.29) is 22.1 Å². The maximum atomic E-state index is 11.0. The van der Waals surface area contributed by atoms with Crippen molar-refractivity contribution in [2.24, 2.45) is 5.41 Å². The van der Waals surface area contributed by atoms with Crippen LogP contribution in [-0.2, 0) is 15.9 Å². The van der Waals surface area contributed by atoms with E-state index < -0.39 is 5.79 Å². The summed E-state index contributed by atoms with van der Waals surface area (Å²) in [5, 5.41) is 11.0. The van der Waals surface area contributed by atoms with Gasteiger partial charge in [-0.25, -0.2) is 0 Å². The van der Waals surface area contributed by atoms with Gasteiger partial charge in [-0.15, -0.1) is 0 Å². The van der Waals surface area contributed by atoms with Gasteiger partial charge in [0.25, 0.3) is 5.69 Å². The first-order chi connectivity index (χ1) is 16.4. The standard InChI is InChI=1S/C26H32N2O6/c1-27-13-12-25(15-18-4-9-21(31-2)22(14-18)32-3)10-11-26(16-24(25)27)33-17-23(34-26)19-5-7-20(8-6-19)28(29)30/h4-9,14,23-24H,10-13,15-17H2,1-3H3/t23?,24-,25-,26?/m0/s1. The Kier molecular flexibility index (Phi) is 6.00. The number of benzene rings is 2. The highest BCUT2D eigenvalue weighted by Gasteiger charge is 2.57. The van der Waals surface area contributed by atoms with Crippen LogP contribution in [0.1, 0.15) is 42.9 Å². The van der Waals surface area contributed by atoms with Crippen molar-refractivity contribution >= 4 is 5.69 Å². The van der Waals surface area contributed by atoms with Gasteiger partial charge in [0.15, 0.2) is 17.3 Å². The normalized spacial score (nSPS) is 30.9. The molecule has 0 aromatic heterocycles. The summed E-state index contributed by atoms with van der Waals surface area (Å²) in [6.07, 6.45) is 4.60. The Morgan fingerprint density at radius 2 is 1.85 bits per heavy atom. The molecule has 3 fully saturated rings. The van der Waals surface area contributed by atoms with Crippen LogP contribution in [0.2, 0.25) is 0 Å². The minimum absolute atomic E-state index is 0.0857. The zero-order chi connectivity index (χ0) is 23.9. The fourth-order valence-electron chi connectivity index (χ4n) is 6.15. The fourth-order valence-corrected chi connectivity index (χ4v) is 6.15. The van der Waals surface area contributed by atoms with Crippen molar-refractivity contribution in [2.75, 3.05) is 34.4 Å². The molecule has 1 aliphatic carbocycles. The molecule has 182 valence electrons. The molecular weight excluding hydrogens is 436 g/mol. The lowest BCUT2D eigenvalue weighted by atomic mass is 9.65. The third-order valence-electron chi connectivity index (χ3n) is 8.04. The molecule has 8 nitrogen and oxygen atoms in total. The maximum Gasteiger partial charge on any atom is 0.269 e. The number of likely N-dealkylation sites (tertiary alicyclic amines) is 1. The summed E-state index contributed by atoms with van der Waals surface area (Å²) in [6, 6.07) is 13.2. The van der Waals surface area contributed by atoms with Gasteiger partial charge in [-0.1, -0.05) is 6.07 Å². The lowest BCUT2D eigenvalue weighted by Crippen LogP contribution is -2.51. The first-order valence-corrected chi connectivity index (χ1v) is 11.8. The summed E-state index contributed by atoms with van der Waals surface area (Å²) >= 11 is 0. The molecule has 2 saturated heterocycles. The van der Waals surface area contributed by atoms with Crippen LogP contribution in [0.5, 0.6) is 11.5 Å². The Morgan fingerprint density at radius 1 is 1.09 bits per heavy atom. The number of nitro benzene ring substituents is 1. The van der Waals surface area contributed by atoms with Crippen LogP contribution in [0.25, 0.3) is 0 Å². The quantitative estimate of drug-likeness (QED) is 0.455. The monoisotopic (exact) mass is 468 g/mol. The van der Waals surface area contributed by atoms with E-state index in [1.807, 2.05) is 6.07 Å². The molecule has 0 N–H and O–H groups in total. The van der Waals surface area contributed by atoms with Gasteiger partial charge < -0.3 is 23.8 Å².